The summed E-state index contributed by atoms with van der Waals surface area (Å²) in [5, 5.41) is 5.50. The number of aromatic amines is 1. The normalized spacial score (nSPS) is 10.8. The molecule has 6 heteroatoms. The van der Waals surface area contributed by atoms with E-state index in [0.717, 1.165) is 0 Å². The Bertz CT molecular complexity index is 399. The average molecular weight is 266 g/mol. The van der Waals surface area contributed by atoms with E-state index in [1.807, 2.05) is 27.7 Å². The number of nitrogens with one attached hydrogen (secondary N) is 3. The third-order valence-electron chi connectivity index (χ3n) is 2.42. The zero-order valence-corrected chi connectivity index (χ0v) is 11.9. The van der Waals surface area contributed by atoms with E-state index in [1.54, 1.807) is 0 Å². The second-order valence-corrected chi connectivity index (χ2v) is 5.33. The average Bonchev–Trinajstić information content (AvgIpc) is 2.82. The van der Waals surface area contributed by atoms with E-state index in [9.17, 15) is 9.59 Å². The molecule has 0 aliphatic heterocycles. The minimum absolute atomic E-state index is 0.141. The molecule has 0 aromatic carbocycles. The largest absolute Gasteiger partial charge is 0.350 e. The SMILES string of the molecule is CC(C)CNC(=O)c1nc[nH]c1C(=O)NCC(C)C. The van der Waals surface area contributed by atoms with Crippen molar-refractivity contribution in [2.45, 2.75) is 27.7 Å². The van der Waals surface area contributed by atoms with Crippen molar-refractivity contribution < 1.29 is 9.59 Å². The van der Waals surface area contributed by atoms with Crippen LogP contribution in [0.5, 0.6) is 0 Å². The fourth-order valence-electron chi connectivity index (χ4n) is 1.41. The molecule has 0 spiro atoms. The molecule has 0 fully saturated rings. The maximum absolute atomic E-state index is 11.9. The summed E-state index contributed by atoms with van der Waals surface area (Å²) >= 11 is 0. The molecule has 19 heavy (non-hydrogen) atoms. The first-order valence-electron chi connectivity index (χ1n) is 6.51. The summed E-state index contributed by atoms with van der Waals surface area (Å²) in [6.07, 6.45) is 1.36. The first kappa shape index (κ1) is 15.2. The molecule has 1 aromatic rings. The van der Waals surface area contributed by atoms with Crippen molar-refractivity contribution in [3.05, 3.63) is 17.7 Å². The van der Waals surface area contributed by atoms with Crippen LogP contribution in [0.3, 0.4) is 0 Å². The minimum atomic E-state index is -0.329. The molecule has 1 heterocycles. The summed E-state index contributed by atoms with van der Waals surface area (Å²) in [4.78, 5) is 30.4. The van der Waals surface area contributed by atoms with Crippen molar-refractivity contribution >= 4 is 11.8 Å². The summed E-state index contributed by atoms with van der Waals surface area (Å²) in [6.45, 7) is 9.12. The quantitative estimate of drug-likeness (QED) is 0.722. The lowest BCUT2D eigenvalue weighted by Crippen LogP contribution is -2.32. The summed E-state index contributed by atoms with van der Waals surface area (Å²) < 4.78 is 0. The predicted octanol–water partition coefficient (Wildman–Crippen LogP) is 1.18. The summed E-state index contributed by atoms with van der Waals surface area (Å²) in [5.41, 5.74) is 0.351. The van der Waals surface area contributed by atoms with Gasteiger partial charge in [0.2, 0.25) is 0 Å². The van der Waals surface area contributed by atoms with Crippen LogP contribution in [0.25, 0.3) is 0 Å². The fraction of sp³-hybridized carbons (Fsp3) is 0.615. The minimum Gasteiger partial charge on any atom is -0.350 e. The Balaban J connectivity index is 2.68. The van der Waals surface area contributed by atoms with Crippen LogP contribution in [0, 0.1) is 11.8 Å². The highest BCUT2D eigenvalue weighted by molar-refractivity contribution is 6.04. The number of carbonyl (C=O) groups excluding carboxylic acids is 2. The molecule has 0 radical (unpaired) electrons. The number of aromatic nitrogens is 2. The van der Waals surface area contributed by atoms with Gasteiger partial charge in [-0.2, -0.15) is 0 Å². The van der Waals surface area contributed by atoms with Gasteiger partial charge in [0.05, 0.1) is 6.33 Å². The second-order valence-electron chi connectivity index (χ2n) is 5.33. The van der Waals surface area contributed by atoms with Crippen LogP contribution < -0.4 is 10.6 Å². The monoisotopic (exact) mass is 266 g/mol. The lowest BCUT2D eigenvalue weighted by molar-refractivity contribution is 0.0909. The molecule has 0 unspecified atom stereocenters. The van der Waals surface area contributed by atoms with Crippen LogP contribution >= 0.6 is 0 Å². The maximum Gasteiger partial charge on any atom is 0.272 e. The van der Waals surface area contributed by atoms with Crippen LogP contribution in [0.2, 0.25) is 0 Å². The van der Waals surface area contributed by atoms with Crippen molar-refractivity contribution in [3.8, 4) is 0 Å². The summed E-state index contributed by atoms with van der Waals surface area (Å²) in [7, 11) is 0. The van der Waals surface area contributed by atoms with Gasteiger partial charge in [0.15, 0.2) is 5.69 Å². The van der Waals surface area contributed by atoms with Gasteiger partial charge in [-0.1, -0.05) is 27.7 Å². The number of H-pyrrole nitrogens is 1. The third-order valence-corrected chi connectivity index (χ3v) is 2.42. The Morgan fingerprint density at radius 2 is 1.63 bits per heavy atom. The van der Waals surface area contributed by atoms with Crippen LogP contribution in [-0.2, 0) is 0 Å². The Morgan fingerprint density at radius 1 is 1.11 bits per heavy atom. The molecule has 106 valence electrons. The topological polar surface area (TPSA) is 86.9 Å². The zero-order chi connectivity index (χ0) is 14.4. The van der Waals surface area contributed by atoms with Crippen LogP contribution in [0.15, 0.2) is 6.33 Å². The van der Waals surface area contributed by atoms with E-state index < -0.39 is 0 Å². The van der Waals surface area contributed by atoms with Gasteiger partial charge in [0.25, 0.3) is 11.8 Å². The van der Waals surface area contributed by atoms with E-state index in [1.165, 1.54) is 6.33 Å². The highest BCUT2D eigenvalue weighted by Crippen LogP contribution is 2.03. The second kappa shape index (κ2) is 6.92. The fourth-order valence-corrected chi connectivity index (χ4v) is 1.41. The van der Waals surface area contributed by atoms with Crippen LogP contribution in [-0.4, -0.2) is 34.9 Å². The molecule has 0 bridgehead atoms. The molecule has 0 atom stereocenters. The highest BCUT2D eigenvalue weighted by Gasteiger charge is 2.20. The maximum atomic E-state index is 11.9. The smallest absolute Gasteiger partial charge is 0.272 e. The molecule has 0 saturated carbocycles. The number of rotatable bonds is 6. The Hall–Kier alpha value is -1.85. The van der Waals surface area contributed by atoms with Gasteiger partial charge in [-0.25, -0.2) is 4.98 Å². The summed E-state index contributed by atoms with van der Waals surface area (Å²) in [6, 6.07) is 0. The number of nitrogens with zero attached hydrogens (tertiary/aromatic N) is 1. The standard InChI is InChI=1S/C13H22N4O2/c1-8(2)5-14-12(18)10-11(17-7-16-10)13(19)15-6-9(3)4/h7-9H,5-6H2,1-4H3,(H,14,18)(H,15,19)(H,16,17). The van der Waals surface area contributed by atoms with Crippen LogP contribution in [0.4, 0.5) is 0 Å². The molecular formula is C13H22N4O2. The van der Waals surface area contributed by atoms with Crippen molar-refractivity contribution in [3.63, 3.8) is 0 Å². The first-order valence-corrected chi connectivity index (χ1v) is 6.51. The van der Waals surface area contributed by atoms with Gasteiger partial charge in [0.1, 0.15) is 5.69 Å². The molecular weight excluding hydrogens is 244 g/mol. The van der Waals surface area contributed by atoms with Crippen molar-refractivity contribution in [1.29, 1.82) is 0 Å². The molecule has 6 nitrogen and oxygen atoms in total. The van der Waals surface area contributed by atoms with E-state index in [0.29, 0.717) is 24.9 Å². The Labute approximate surface area is 113 Å². The van der Waals surface area contributed by atoms with Gasteiger partial charge in [-0.3, -0.25) is 9.59 Å². The highest BCUT2D eigenvalue weighted by atomic mass is 16.2. The van der Waals surface area contributed by atoms with Gasteiger partial charge in [0, 0.05) is 13.1 Å². The number of carbonyl (C=O) groups is 2. The number of hydrogen-bond acceptors (Lipinski definition) is 3. The van der Waals surface area contributed by atoms with E-state index in [2.05, 4.69) is 20.6 Å². The number of amides is 2. The molecule has 3 N–H and O–H groups in total. The number of imidazole rings is 1. The first-order chi connectivity index (χ1) is 8.91. The number of hydrogen-bond donors (Lipinski definition) is 3. The van der Waals surface area contributed by atoms with E-state index in [4.69, 9.17) is 0 Å². The van der Waals surface area contributed by atoms with E-state index in [-0.39, 0.29) is 23.2 Å². The molecule has 0 aliphatic carbocycles. The van der Waals surface area contributed by atoms with Gasteiger partial charge in [-0.15, -0.1) is 0 Å². The van der Waals surface area contributed by atoms with Gasteiger partial charge >= 0.3 is 0 Å². The third kappa shape index (κ3) is 4.73. The molecule has 2 amide bonds. The molecule has 0 aliphatic rings. The Morgan fingerprint density at radius 3 is 2.16 bits per heavy atom. The van der Waals surface area contributed by atoms with Gasteiger partial charge < -0.3 is 15.6 Å². The Kier molecular flexibility index (Phi) is 5.54. The van der Waals surface area contributed by atoms with Crippen molar-refractivity contribution in [2.75, 3.05) is 13.1 Å². The molecule has 1 aromatic heterocycles. The molecule has 1 rings (SSSR count). The van der Waals surface area contributed by atoms with Crippen LogP contribution in [0.1, 0.15) is 48.7 Å². The summed E-state index contributed by atoms with van der Waals surface area (Å²) in [5.74, 6) is 0.0664. The van der Waals surface area contributed by atoms with E-state index >= 15 is 0 Å². The van der Waals surface area contributed by atoms with Crippen molar-refractivity contribution in [1.82, 2.24) is 20.6 Å². The zero-order valence-electron chi connectivity index (χ0n) is 11.9. The van der Waals surface area contributed by atoms with Gasteiger partial charge in [-0.05, 0) is 11.8 Å². The molecule has 0 saturated heterocycles. The lowest BCUT2D eigenvalue weighted by atomic mass is 10.2. The predicted molar refractivity (Wildman–Crippen MR) is 72.9 cm³/mol. The lowest BCUT2D eigenvalue weighted by Gasteiger charge is -2.09. The van der Waals surface area contributed by atoms with Crippen molar-refractivity contribution in [2.24, 2.45) is 11.8 Å².